The van der Waals surface area contributed by atoms with Crippen molar-refractivity contribution in [1.82, 2.24) is 4.90 Å². The second-order valence-corrected chi connectivity index (χ2v) is 8.99. The summed E-state index contributed by atoms with van der Waals surface area (Å²) in [6, 6.07) is 20.5. The molecule has 2 atom stereocenters. The number of benzene rings is 3. The molecule has 4 heteroatoms. The van der Waals surface area contributed by atoms with Gasteiger partial charge in [-0.25, -0.2) is 0 Å². The first kappa shape index (κ1) is 19.1. The van der Waals surface area contributed by atoms with Gasteiger partial charge in [-0.2, -0.15) is 0 Å². The van der Waals surface area contributed by atoms with Gasteiger partial charge in [0.25, 0.3) is 0 Å². The van der Waals surface area contributed by atoms with Crippen LogP contribution in [0.1, 0.15) is 53.6 Å². The molecule has 3 aromatic rings. The summed E-state index contributed by atoms with van der Waals surface area (Å²) in [6.07, 6.45) is 5.83. The highest BCUT2D eigenvalue weighted by Gasteiger charge is 2.43. The summed E-state index contributed by atoms with van der Waals surface area (Å²) in [4.78, 5) is 14.3. The molecule has 0 aromatic heterocycles. The largest absolute Gasteiger partial charge is 0.507 e. The lowest BCUT2D eigenvalue weighted by atomic mass is 9.63. The van der Waals surface area contributed by atoms with E-state index in [9.17, 15) is 9.90 Å². The molecule has 2 bridgehead atoms. The summed E-state index contributed by atoms with van der Waals surface area (Å²) in [5, 5.41) is 12.3. The van der Waals surface area contributed by atoms with E-state index in [0.29, 0.717) is 17.4 Å². The Morgan fingerprint density at radius 2 is 1.90 bits per heavy atom. The lowest BCUT2D eigenvalue weighted by Gasteiger charge is -2.51. The molecule has 3 aromatic carbocycles. The number of aromatic hydroxyl groups is 1. The molecular weight excluding hydrogens is 372 g/mol. The second kappa shape index (κ2) is 7.44. The van der Waals surface area contributed by atoms with Crippen LogP contribution >= 0.6 is 0 Å². The first-order valence-electron chi connectivity index (χ1n) is 10.9. The highest BCUT2D eigenvalue weighted by atomic mass is 16.3. The fraction of sp³-hybridized carbons (Fsp3) is 0.346. The van der Waals surface area contributed by atoms with Crippen LogP contribution in [-0.2, 0) is 12.0 Å². The molecule has 1 saturated heterocycles. The minimum atomic E-state index is -0.350. The van der Waals surface area contributed by atoms with Crippen LogP contribution in [0.3, 0.4) is 0 Å². The van der Waals surface area contributed by atoms with Crippen LogP contribution in [0, 0.1) is 0 Å². The van der Waals surface area contributed by atoms with Crippen molar-refractivity contribution in [3.05, 3.63) is 77.4 Å². The van der Waals surface area contributed by atoms with E-state index in [1.165, 1.54) is 30.4 Å². The Bertz CT molecular complexity index is 1110. The summed E-state index contributed by atoms with van der Waals surface area (Å²) in [5.41, 5.74) is 8.86. The third-order valence-electron chi connectivity index (χ3n) is 7.34. The Balaban J connectivity index is 1.41. The van der Waals surface area contributed by atoms with Crippen molar-refractivity contribution in [2.45, 2.75) is 50.1 Å². The molecule has 1 heterocycles. The number of amides is 1. The Hall–Kier alpha value is -2.85. The van der Waals surface area contributed by atoms with Gasteiger partial charge in [-0.15, -0.1) is 0 Å². The summed E-state index contributed by atoms with van der Waals surface area (Å²) >= 11 is 0. The van der Waals surface area contributed by atoms with Crippen LogP contribution in [-0.4, -0.2) is 28.5 Å². The first-order chi connectivity index (χ1) is 14.6. The maximum atomic E-state index is 11.7. The lowest BCUT2D eigenvalue weighted by molar-refractivity contribution is 0.0461. The number of nitrogens with two attached hydrogens (primary N) is 1. The fourth-order valence-corrected chi connectivity index (χ4v) is 5.73. The van der Waals surface area contributed by atoms with Gasteiger partial charge in [-0.05, 0) is 72.4 Å². The Morgan fingerprint density at radius 1 is 1.07 bits per heavy atom. The SMILES string of the molecule is NC(=O)c1cccc(C23CCCC(C2)N(Cc2ccc(O)c4ccccc24)CC3)c1. The van der Waals surface area contributed by atoms with Crippen LogP contribution in [0.25, 0.3) is 10.8 Å². The first-order valence-corrected chi connectivity index (χ1v) is 10.9. The number of hydrogen-bond donors (Lipinski definition) is 2. The van der Waals surface area contributed by atoms with E-state index in [1.807, 2.05) is 42.5 Å². The molecule has 0 radical (unpaired) electrons. The summed E-state index contributed by atoms with van der Waals surface area (Å²) in [5.74, 6) is -0.00346. The number of carbonyl (C=O) groups excluding carboxylic acids is 1. The highest BCUT2D eigenvalue weighted by molar-refractivity contribution is 5.93. The van der Waals surface area contributed by atoms with E-state index in [0.717, 1.165) is 36.7 Å². The monoisotopic (exact) mass is 400 g/mol. The molecule has 5 rings (SSSR count). The zero-order valence-corrected chi connectivity index (χ0v) is 17.2. The van der Waals surface area contributed by atoms with Crippen molar-refractivity contribution in [3.63, 3.8) is 0 Å². The predicted octanol–water partition coefficient (Wildman–Crippen LogP) is 4.73. The van der Waals surface area contributed by atoms with Crippen molar-refractivity contribution in [2.24, 2.45) is 5.73 Å². The van der Waals surface area contributed by atoms with Crippen molar-refractivity contribution in [2.75, 3.05) is 6.54 Å². The van der Waals surface area contributed by atoms with Gasteiger partial charge in [0, 0.05) is 23.5 Å². The second-order valence-electron chi connectivity index (χ2n) is 8.99. The molecule has 1 saturated carbocycles. The average Bonchev–Trinajstić information content (AvgIpc) is 2.78. The molecule has 2 fully saturated rings. The Morgan fingerprint density at radius 3 is 2.73 bits per heavy atom. The van der Waals surface area contributed by atoms with Crippen molar-refractivity contribution in [1.29, 1.82) is 0 Å². The van der Waals surface area contributed by atoms with Crippen molar-refractivity contribution in [3.8, 4) is 5.75 Å². The number of phenols is 1. The third-order valence-corrected chi connectivity index (χ3v) is 7.34. The smallest absolute Gasteiger partial charge is 0.248 e. The van der Waals surface area contributed by atoms with Crippen LogP contribution in [0.4, 0.5) is 0 Å². The van der Waals surface area contributed by atoms with Gasteiger partial charge in [0.2, 0.25) is 5.91 Å². The van der Waals surface area contributed by atoms with Gasteiger partial charge in [-0.1, -0.05) is 48.9 Å². The number of phenolic OH excluding ortho intramolecular Hbond substituents is 1. The lowest BCUT2D eigenvalue weighted by Crippen LogP contribution is -2.51. The maximum absolute atomic E-state index is 11.7. The van der Waals surface area contributed by atoms with Crippen molar-refractivity contribution >= 4 is 16.7 Å². The maximum Gasteiger partial charge on any atom is 0.248 e. The molecule has 2 unspecified atom stereocenters. The van der Waals surface area contributed by atoms with E-state index in [1.54, 1.807) is 0 Å². The standard InChI is InChI=1S/C26H28N2O2/c27-25(30)18-5-3-6-20(15-18)26-12-4-7-21(16-26)28(14-13-26)17-19-10-11-24(29)23-9-2-1-8-22(19)23/h1-3,5-6,8-11,15,21,29H,4,7,12-14,16-17H2,(H2,27,30). The van der Waals surface area contributed by atoms with Gasteiger partial charge in [0.05, 0.1) is 0 Å². The molecule has 2 aliphatic rings. The van der Waals surface area contributed by atoms with E-state index < -0.39 is 0 Å². The highest BCUT2D eigenvalue weighted by Crippen LogP contribution is 2.47. The number of carbonyl (C=O) groups is 1. The number of piperidine rings is 1. The summed E-state index contributed by atoms with van der Waals surface area (Å²) in [7, 11) is 0. The summed E-state index contributed by atoms with van der Waals surface area (Å²) < 4.78 is 0. The normalized spacial score (nSPS) is 24.1. The van der Waals surface area contributed by atoms with Crippen LogP contribution in [0.5, 0.6) is 5.75 Å². The quantitative estimate of drug-likeness (QED) is 0.665. The number of fused-ring (bicyclic) bond motifs is 3. The average molecular weight is 401 g/mol. The molecule has 3 N–H and O–H groups in total. The molecule has 1 amide bonds. The minimum Gasteiger partial charge on any atom is -0.507 e. The fourth-order valence-electron chi connectivity index (χ4n) is 5.73. The number of hydrogen-bond acceptors (Lipinski definition) is 3. The Kier molecular flexibility index (Phi) is 4.75. The molecular formula is C26H28N2O2. The third kappa shape index (κ3) is 3.25. The number of rotatable bonds is 4. The van der Waals surface area contributed by atoms with Gasteiger partial charge >= 0.3 is 0 Å². The van der Waals surface area contributed by atoms with E-state index in [4.69, 9.17) is 5.73 Å². The number of primary amides is 1. The number of likely N-dealkylation sites (tertiary alicyclic amines) is 1. The van der Waals surface area contributed by atoms with Gasteiger partial charge in [-0.3, -0.25) is 9.69 Å². The van der Waals surface area contributed by atoms with Gasteiger partial charge < -0.3 is 10.8 Å². The van der Waals surface area contributed by atoms with E-state index in [2.05, 4.69) is 23.1 Å². The molecule has 30 heavy (non-hydrogen) atoms. The van der Waals surface area contributed by atoms with E-state index in [-0.39, 0.29) is 11.3 Å². The zero-order valence-electron chi connectivity index (χ0n) is 17.2. The molecule has 1 aliphatic heterocycles. The topological polar surface area (TPSA) is 66.6 Å². The Labute approximate surface area is 177 Å². The minimum absolute atomic E-state index is 0.155. The van der Waals surface area contributed by atoms with Crippen LogP contribution in [0.15, 0.2) is 60.7 Å². The molecule has 0 spiro atoms. The van der Waals surface area contributed by atoms with Crippen LogP contribution < -0.4 is 5.73 Å². The van der Waals surface area contributed by atoms with Crippen molar-refractivity contribution < 1.29 is 9.90 Å². The molecule has 154 valence electrons. The van der Waals surface area contributed by atoms with Gasteiger partial charge in [0.15, 0.2) is 0 Å². The van der Waals surface area contributed by atoms with Crippen LogP contribution in [0.2, 0.25) is 0 Å². The summed E-state index contributed by atoms with van der Waals surface area (Å²) in [6.45, 7) is 1.95. The van der Waals surface area contributed by atoms with Gasteiger partial charge in [0.1, 0.15) is 5.75 Å². The zero-order chi connectivity index (χ0) is 20.7. The molecule has 1 aliphatic carbocycles. The number of nitrogens with zero attached hydrogens (tertiary/aromatic N) is 1. The van der Waals surface area contributed by atoms with E-state index >= 15 is 0 Å². The predicted molar refractivity (Wildman–Crippen MR) is 120 cm³/mol. The molecule has 4 nitrogen and oxygen atoms in total.